The summed E-state index contributed by atoms with van der Waals surface area (Å²) in [7, 11) is 1.24. The highest BCUT2D eigenvalue weighted by Crippen LogP contribution is 2.46. The standard InChI is InChI=1S/C21H23N3O10S/c1-12(25)32-9-14-10-35-20-21(31-3,22-16(28)8-23-6-4-15(27)5-7-23)19(30)24(20)17(14)18(29)34-11-33-13(2)26/h4-7,20H,8-11H2,1-3H3,(H,22,28)/t20-,21+/m1/s1. The number of aromatic nitrogens is 1. The summed E-state index contributed by atoms with van der Waals surface area (Å²) in [4.78, 5) is 73.3. The van der Waals surface area contributed by atoms with Gasteiger partial charge < -0.3 is 28.8 Å². The van der Waals surface area contributed by atoms with Gasteiger partial charge in [0, 0.05) is 56.8 Å². The highest BCUT2D eigenvalue weighted by Gasteiger charge is 2.66. The van der Waals surface area contributed by atoms with Gasteiger partial charge in [-0.1, -0.05) is 0 Å². The van der Waals surface area contributed by atoms with Crippen molar-refractivity contribution in [3.63, 3.8) is 0 Å². The maximum absolute atomic E-state index is 13.3. The molecule has 0 spiro atoms. The van der Waals surface area contributed by atoms with Gasteiger partial charge in [-0.15, -0.1) is 11.8 Å². The zero-order valence-electron chi connectivity index (χ0n) is 19.1. The second-order valence-corrected chi connectivity index (χ2v) is 8.52. The Hall–Kier alpha value is -3.65. The van der Waals surface area contributed by atoms with E-state index in [1.807, 2.05) is 0 Å². The van der Waals surface area contributed by atoms with E-state index in [-0.39, 0.29) is 30.0 Å². The SMILES string of the molecule is CO[C@@]1(NC(=O)Cn2ccc(=O)cc2)C(=O)N2C(C(=O)OCOC(C)=O)=C(COC(C)=O)CS[C@@H]21. The normalized spacial score (nSPS) is 20.9. The van der Waals surface area contributed by atoms with Crippen molar-refractivity contribution in [3.8, 4) is 0 Å². The number of rotatable bonds is 9. The minimum Gasteiger partial charge on any atom is -0.461 e. The van der Waals surface area contributed by atoms with Crippen LogP contribution in [-0.2, 0) is 49.5 Å². The topological polar surface area (TPSA) is 160 Å². The molecule has 35 heavy (non-hydrogen) atoms. The molecule has 3 heterocycles. The van der Waals surface area contributed by atoms with Crippen molar-refractivity contribution in [3.05, 3.63) is 46.0 Å². The first-order valence-electron chi connectivity index (χ1n) is 10.2. The summed E-state index contributed by atoms with van der Waals surface area (Å²) in [6.07, 6.45) is 2.85. The molecule has 3 rings (SSSR count). The molecule has 1 aromatic rings. The van der Waals surface area contributed by atoms with Crippen molar-refractivity contribution < 1.29 is 42.9 Å². The minimum absolute atomic E-state index is 0.153. The second-order valence-electron chi connectivity index (χ2n) is 7.45. The highest BCUT2D eigenvalue weighted by molar-refractivity contribution is 8.00. The Bertz CT molecular complexity index is 1130. The Morgan fingerprint density at radius 2 is 1.74 bits per heavy atom. The molecular formula is C21H23N3O10S. The lowest BCUT2D eigenvalue weighted by Crippen LogP contribution is -2.80. The Kier molecular flexibility index (Phi) is 7.96. The number of hydrogen-bond acceptors (Lipinski definition) is 11. The molecule has 14 heteroatoms. The molecule has 13 nitrogen and oxygen atoms in total. The summed E-state index contributed by atoms with van der Waals surface area (Å²) in [5, 5.41) is 1.74. The molecule has 0 bridgehead atoms. The van der Waals surface area contributed by atoms with Crippen molar-refractivity contribution in [2.45, 2.75) is 31.5 Å². The Morgan fingerprint density at radius 3 is 2.34 bits per heavy atom. The fourth-order valence-electron chi connectivity index (χ4n) is 3.43. The molecule has 0 aliphatic carbocycles. The molecule has 1 fully saturated rings. The number of β-lactam (4-membered cyclic amide) rings is 1. The summed E-state index contributed by atoms with van der Waals surface area (Å²) in [6.45, 7) is 1.19. The largest absolute Gasteiger partial charge is 0.461 e. The van der Waals surface area contributed by atoms with E-state index in [2.05, 4.69) is 10.1 Å². The lowest BCUT2D eigenvalue weighted by molar-refractivity contribution is -0.194. The zero-order valence-corrected chi connectivity index (χ0v) is 19.9. The van der Waals surface area contributed by atoms with E-state index in [0.29, 0.717) is 5.57 Å². The molecule has 2 amide bonds. The van der Waals surface area contributed by atoms with E-state index in [0.717, 1.165) is 11.8 Å². The first kappa shape index (κ1) is 26.0. The number of esters is 3. The van der Waals surface area contributed by atoms with Gasteiger partial charge in [0.25, 0.3) is 11.6 Å². The third-order valence-electron chi connectivity index (χ3n) is 5.04. The second kappa shape index (κ2) is 10.7. The van der Waals surface area contributed by atoms with Crippen LogP contribution in [0.3, 0.4) is 0 Å². The number of carbonyl (C=O) groups excluding carboxylic acids is 5. The molecule has 188 valence electrons. The van der Waals surface area contributed by atoms with Gasteiger partial charge in [-0.3, -0.25) is 28.9 Å². The molecule has 1 saturated heterocycles. The molecule has 0 radical (unpaired) electrons. The fraction of sp³-hybridized carbons (Fsp3) is 0.429. The maximum atomic E-state index is 13.3. The number of hydrogen-bond donors (Lipinski definition) is 1. The number of nitrogens with one attached hydrogen (secondary N) is 1. The molecule has 2 aliphatic heterocycles. The lowest BCUT2D eigenvalue weighted by Gasteiger charge is -2.55. The maximum Gasteiger partial charge on any atom is 0.358 e. The predicted octanol–water partition coefficient (Wildman–Crippen LogP) is -0.897. The van der Waals surface area contributed by atoms with Gasteiger partial charge in [0.1, 0.15) is 24.2 Å². The van der Waals surface area contributed by atoms with E-state index in [1.165, 1.54) is 54.9 Å². The highest BCUT2D eigenvalue weighted by atomic mass is 32.2. The summed E-state index contributed by atoms with van der Waals surface area (Å²) in [5.74, 6) is -3.40. The van der Waals surface area contributed by atoms with Crippen molar-refractivity contribution in [2.24, 2.45) is 0 Å². The number of pyridine rings is 1. The van der Waals surface area contributed by atoms with E-state index in [1.54, 1.807) is 0 Å². The van der Waals surface area contributed by atoms with Crippen LogP contribution >= 0.6 is 11.8 Å². The third-order valence-corrected chi connectivity index (χ3v) is 6.41. The van der Waals surface area contributed by atoms with Crippen LogP contribution in [0.15, 0.2) is 40.6 Å². The number of carbonyl (C=O) groups is 5. The van der Waals surface area contributed by atoms with Gasteiger partial charge >= 0.3 is 17.9 Å². The molecular weight excluding hydrogens is 486 g/mol. The Balaban J connectivity index is 1.82. The average Bonchev–Trinajstić information content (AvgIpc) is 2.81. The number of thioether (sulfide) groups is 1. The predicted molar refractivity (Wildman–Crippen MR) is 118 cm³/mol. The van der Waals surface area contributed by atoms with Crippen LogP contribution in [0.5, 0.6) is 0 Å². The third kappa shape index (κ3) is 5.54. The number of nitrogens with zero attached hydrogens (tertiary/aromatic N) is 2. The summed E-state index contributed by atoms with van der Waals surface area (Å²) in [5.41, 5.74) is -1.88. The summed E-state index contributed by atoms with van der Waals surface area (Å²) >= 11 is 1.18. The van der Waals surface area contributed by atoms with Crippen LogP contribution in [-0.4, -0.2) is 76.6 Å². The summed E-state index contributed by atoms with van der Waals surface area (Å²) in [6, 6.07) is 2.57. The van der Waals surface area contributed by atoms with Crippen LogP contribution in [0.2, 0.25) is 0 Å². The number of methoxy groups -OCH3 is 1. The van der Waals surface area contributed by atoms with E-state index >= 15 is 0 Å². The van der Waals surface area contributed by atoms with E-state index in [4.69, 9.17) is 14.2 Å². The molecule has 1 N–H and O–H groups in total. The van der Waals surface area contributed by atoms with Crippen molar-refractivity contribution in [1.82, 2.24) is 14.8 Å². The molecule has 1 aromatic heterocycles. The van der Waals surface area contributed by atoms with Crippen LogP contribution in [0.1, 0.15) is 13.8 Å². The van der Waals surface area contributed by atoms with E-state index < -0.39 is 47.6 Å². The van der Waals surface area contributed by atoms with Crippen LogP contribution in [0.4, 0.5) is 0 Å². The van der Waals surface area contributed by atoms with Gasteiger partial charge in [0.15, 0.2) is 5.43 Å². The number of amides is 2. The molecule has 2 aliphatic rings. The van der Waals surface area contributed by atoms with Gasteiger partial charge in [0.2, 0.25) is 12.7 Å². The molecule has 2 atom stereocenters. The molecule has 0 saturated carbocycles. The fourth-order valence-corrected chi connectivity index (χ4v) is 4.85. The first-order valence-corrected chi connectivity index (χ1v) is 11.3. The van der Waals surface area contributed by atoms with Gasteiger partial charge in [-0.25, -0.2) is 4.79 Å². The zero-order chi connectivity index (χ0) is 25.8. The van der Waals surface area contributed by atoms with Crippen LogP contribution in [0, 0.1) is 0 Å². The van der Waals surface area contributed by atoms with Crippen molar-refractivity contribution in [2.75, 3.05) is 26.3 Å². The van der Waals surface area contributed by atoms with Crippen molar-refractivity contribution >= 4 is 41.5 Å². The number of ether oxygens (including phenoxy) is 4. The summed E-state index contributed by atoms with van der Waals surface area (Å²) < 4.78 is 21.5. The monoisotopic (exact) mass is 509 g/mol. The van der Waals surface area contributed by atoms with Gasteiger partial charge in [0.05, 0.1) is 0 Å². The number of fused-ring (bicyclic) bond motifs is 1. The minimum atomic E-state index is -1.77. The Morgan fingerprint density at radius 1 is 1.09 bits per heavy atom. The molecule has 0 aromatic carbocycles. The Labute approximate surface area is 203 Å². The van der Waals surface area contributed by atoms with Gasteiger partial charge in [-0.05, 0) is 0 Å². The van der Waals surface area contributed by atoms with Crippen molar-refractivity contribution in [1.29, 1.82) is 0 Å². The quantitative estimate of drug-likeness (QED) is 0.250. The van der Waals surface area contributed by atoms with E-state index in [9.17, 15) is 28.8 Å². The lowest BCUT2D eigenvalue weighted by atomic mass is 9.98. The first-order chi connectivity index (χ1) is 16.6. The smallest absolute Gasteiger partial charge is 0.358 e. The molecule has 0 unspecified atom stereocenters. The van der Waals surface area contributed by atoms with Crippen LogP contribution in [0.25, 0.3) is 0 Å². The van der Waals surface area contributed by atoms with Gasteiger partial charge in [-0.2, -0.15) is 0 Å². The average molecular weight is 509 g/mol. The van der Waals surface area contributed by atoms with Crippen LogP contribution < -0.4 is 10.7 Å².